The molecule has 0 aliphatic heterocycles. The maximum atomic E-state index is 4.13. The molecule has 0 unspecified atom stereocenters. The molecule has 0 atom stereocenters. The normalized spacial score (nSPS) is 22.9. The molecule has 2 heteroatoms. The molecule has 0 saturated heterocycles. The van der Waals surface area contributed by atoms with E-state index in [1.54, 1.807) is 6.33 Å². The molecule has 1 aromatic heterocycles. The zero-order valence-corrected chi connectivity index (χ0v) is 5.99. The van der Waals surface area contributed by atoms with Crippen molar-refractivity contribution in [3.05, 3.63) is 42.0 Å². The van der Waals surface area contributed by atoms with E-state index in [4.69, 9.17) is 0 Å². The van der Waals surface area contributed by atoms with Crippen LogP contribution in [-0.2, 0) is 0 Å². The van der Waals surface area contributed by atoms with Gasteiger partial charge in [0.2, 0.25) is 0 Å². The Hall–Kier alpha value is -1.57. The van der Waals surface area contributed by atoms with Crippen LogP contribution in [0.4, 0.5) is 0 Å². The minimum absolute atomic E-state index is 0.991. The fourth-order valence-electron chi connectivity index (χ4n) is 1.01. The molecule has 11 heavy (non-hydrogen) atoms. The zero-order chi connectivity index (χ0) is 7.52. The highest BCUT2D eigenvalue weighted by Crippen LogP contribution is 2.08. The third kappa shape index (κ3) is 1.15. The maximum absolute atomic E-state index is 4.13. The van der Waals surface area contributed by atoms with Gasteiger partial charge in [-0.05, 0) is 12.2 Å². The van der Waals surface area contributed by atoms with Gasteiger partial charge < -0.3 is 4.98 Å². The van der Waals surface area contributed by atoms with Crippen LogP contribution in [0.25, 0.3) is 12.2 Å². The molecule has 0 radical (unpaired) electrons. The van der Waals surface area contributed by atoms with E-state index in [2.05, 4.69) is 9.97 Å². The van der Waals surface area contributed by atoms with Gasteiger partial charge in [-0.25, -0.2) is 4.98 Å². The fraction of sp³-hybridized carbons (Fsp3) is 0. The van der Waals surface area contributed by atoms with Crippen molar-refractivity contribution in [1.29, 1.82) is 0 Å². The van der Waals surface area contributed by atoms with Gasteiger partial charge in [0, 0.05) is 0 Å². The minimum atomic E-state index is 0.991. The van der Waals surface area contributed by atoms with Gasteiger partial charge in [-0.3, -0.25) is 0 Å². The Balaban J connectivity index is 2.52. The minimum Gasteiger partial charge on any atom is -0.345 e. The molecule has 0 spiro atoms. The largest absolute Gasteiger partial charge is 0.345 e. The molecule has 0 saturated carbocycles. The van der Waals surface area contributed by atoms with Gasteiger partial charge >= 0.3 is 0 Å². The summed E-state index contributed by atoms with van der Waals surface area (Å²) in [5.74, 6) is 0. The van der Waals surface area contributed by atoms with Crippen LogP contribution < -0.4 is 0 Å². The smallest absolute Gasteiger partial charge is 0.0931 e. The van der Waals surface area contributed by atoms with Crippen LogP contribution in [0.3, 0.4) is 0 Å². The van der Waals surface area contributed by atoms with Crippen LogP contribution >= 0.6 is 0 Å². The zero-order valence-electron chi connectivity index (χ0n) is 5.99. The van der Waals surface area contributed by atoms with Gasteiger partial charge in [-0.2, -0.15) is 0 Å². The van der Waals surface area contributed by atoms with E-state index < -0.39 is 0 Å². The third-order valence-electron chi connectivity index (χ3n) is 1.55. The Kier molecular flexibility index (Phi) is 1.44. The van der Waals surface area contributed by atoms with E-state index in [1.165, 1.54) is 0 Å². The molecule has 0 aromatic carbocycles. The Morgan fingerprint density at radius 3 is 2.73 bits per heavy atom. The third-order valence-corrected chi connectivity index (χ3v) is 1.55. The number of allylic oxidation sites excluding steroid dienone is 4. The van der Waals surface area contributed by atoms with Crippen LogP contribution in [0.2, 0.25) is 0 Å². The highest BCUT2D eigenvalue weighted by molar-refractivity contribution is 5.62. The van der Waals surface area contributed by atoms with Crippen molar-refractivity contribution in [3.63, 3.8) is 0 Å². The lowest BCUT2D eigenvalue weighted by atomic mass is 10.2. The van der Waals surface area contributed by atoms with E-state index in [1.807, 2.05) is 36.5 Å². The molecule has 54 valence electrons. The lowest BCUT2D eigenvalue weighted by Gasteiger charge is -1.90. The number of aromatic amines is 1. The number of nitrogens with one attached hydrogen (secondary N) is 1. The molecule has 1 heterocycles. The summed E-state index contributed by atoms with van der Waals surface area (Å²) in [7, 11) is 0. The number of aromatic nitrogens is 2. The Bertz CT molecular complexity index is 299. The molecule has 0 fully saturated rings. The standard InChI is InChI=1S/C9H8N2/c1-2-4-6-9-8(5-3-1)10-7-11-9/h1-7H,(H,10,11)/b2-1+,3-1?,4-2?,5-3-,6-4-,8-5?,9-6?. The first-order chi connectivity index (χ1) is 5.47. The Labute approximate surface area is 65.0 Å². The number of fused-ring (bicyclic) bond motifs is 1. The Morgan fingerprint density at radius 1 is 1.00 bits per heavy atom. The number of imidazole rings is 1. The molecule has 2 nitrogen and oxygen atoms in total. The van der Waals surface area contributed by atoms with E-state index in [-0.39, 0.29) is 0 Å². The average molecular weight is 144 g/mol. The average Bonchev–Trinajstić information content (AvgIpc) is 2.35. The van der Waals surface area contributed by atoms with Crippen molar-refractivity contribution in [2.24, 2.45) is 0 Å². The van der Waals surface area contributed by atoms with Crippen molar-refractivity contribution in [2.75, 3.05) is 0 Å². The van der Waals surface area contributed by atoms with Crippen LogP contribution in [0.5, 0.6) is 0 Å². The molecule has 1 aromatic rings. The van der Waals surface area contributed by atoms with Crippen LogP contribution in [-0.4, -0.2) is 9.97 Å². The van der Waals surface area contributed by atoms with Crippen LogP contribution in [0.15, 0.2) is 30.6 Å². The fourth-order valence-corrected chi connectivity index (χ4v) is 1.01. The summed E-state index contributed by atoms with van der Waals surface area (Å²) in [6, 6.07) is 0. The van der Waals surface area contributed by atoms with Crippen molar-refractivity contribution in [1.82, 2.24) is 9.97 Å². The van der Waals surface area contributed by atoms with Gasteiger partial charge in [0.15, 0.2) is 0 Å². The van der Waals surface area contributed by atoms with Crippen LogP contribution in [0.1, 0.15) is 11.4 Å². The molecule has 1 aliphatic carbocycles. The van der Waals surface area contributed by atoms with E-state index >= 15 is 0 Å². The van der Waals surface area contributed by atoms with Crippen molar-refractivity contribution >= 4 is 12.2 Å². The summed E-state index contributed by atoms with van der Waals surface area (Å²) >= 11 is 0. The molecule has 0 bridgehead atoms. The SMILES string of the molecule is C1=C\c2nc[nH]c2\C=C/C=C/1. The van der Waals surface area contributed by atoms with E-state index in [0.29, 0.717) is 0 Å². The number of hydrogen-bond acceptors (Lipinski definition) is 1. The number of nitrogens with zero attached hydrogens (tertiary/aromatic N) is 1. The summed E-state index contributed by atoms with van der Waals surface area (Å²) in [6.07, 6.45) is 13.6. The predicted octanol–water partition coefficient (Wildman–Crippen LogP) is 2.01. The highest BCUT2D eigenvalue weighted by Gasteiger charge is 1.96. The first kappa shape index (κ1) is 6.16. The highest BCUT2D eigenvalue weighted by atomic mass is 14.9. The first-order valence-electron chi connectivity index (χ1n) is 3.51. The monoisotopic (exact) mass is 144 g/mol. The summed E-state index contributed by atoms with van der Waals surface area (Å²) < 4.78 is 0. The summed E-state index contributed by atoms with van der Waals surface area (Å²) in [6.45, 7) is 0. The number of H-pyrrole nitrogens is 1. The van der Waals surface area contributed by atoms with Crippen molar-refractivity contribution in [3.8, 4) is 0 Å². The predicted molar refractivity (Wildman–Crippen MR) is 45.8 cm³/mol. The molecule has 2 rings (SSSR count). The summed E-state index contributed by atoms with van der Waals surface area (Å²) in [4.78, 5) is 7.17. The number of hydrogen-bond donors (Lipinski definition) is 1. The summed E-state index contributed by atoms with van der Waals surface area (Å²) in [5, 5.41) is 0. The molecule has 1 aliphatic rings. The molecule has 0 amide bonds. The number of rotatable bonds is 0. The van der Waals surface area contributed by atoms with E-state index in [0.717, 1.165) is 11.4 Å². The van der Waals surface area contributed by atoms with E-state index in [9.17, 15) is 0 Å². The molecular formula is C9H8N2. The second-order valence-corrected chi connectivity index (χ2v) is 2.30. The van der Waals surface area contributed by atoms with Gasteiger partial charge in [-0.1, -0.05) is 24.3 Å². The lowest BCUT2D eigenvalue weighted by Crippen LogP contribution is -1.77. The quantitative estimate of drug-likeness (QED) is 0.592. The second kappa shape index (κ2) is 2.58. The maximum Gasteiger partial charge on any atom is 0.0931 e. The van der Waals surface area contributed by atoms with Gasteiger partial charge in [0.1, 0.15) is 0 Å². The van der Waals surface area contributed by atoms with Gasteiger partial charge in [-0.15, -0.1) is 0 Å². The van der Waals surface area contributed by atoms with Crippen LogP contribution in [0, 0.1) is 0 Å². The second-order valence-electron chi connectivity index (χ2n) is 2.30. The first-order valence-corrected chi connectivity index (χ1v) is 3.51. The topological polar surface area (TPSA) is 28.7 Å². The van der Waals surface area contributed by atoms with Crippen molar-refractivity contribution < 1.29 is 0 Å². The van der Waals surface area contributed by atoms with Gasteiger partial charge in [0.25, 0.3) is 0 Å². The summed E-state index contributed by atoms with van der Waals surface area (Å²) in [5.41, 5.74) is 2.05. The van der Waals surface area contributed by atoms with Crippen molar-refractivity contribution in [2.45, 2.75) is 0 Å². The molecular weight excluding hydrogens is 136 g/mol. The van der Waals surface area contributed by atoms with Gasteiger partial charge in [0.05, 0.1) is 17.7 Å². The lowest BCUT2D eigenvalue weighted by molar-refractivity contribution is 1.30. The molecule has 1 N–H and O–H groups in total. The Morgan fingerprint density at radius 2 is 1.82 bits per heavy atom.